The molecular formula is C20H25F3N6O. The van der Waals surface area contributed by atoms with Crippen LogP contribution in [-0.4, -0.2) is 47.5 Å². The minimum absolute atomic E-state index is 0.297. The van der Waals surface area contributed by atoms with Crippen molar-refractivity contribution in [1.29, 1.82) is 0 Å². The number of hydrogen-bond acceptors (Lipinski definition) is 7. The molecule has 4 rings (SSSR count). The van der Waals surface area contributed by atoms with E-state index in [0.717, 1.165) is 51.9 Å². The second-order valence-electron chi connectivity index (χ2n) is 7.56. The Labute approximate surface area is 173 Å². The molecular weight excluding hydrogens is 397 g/mol. The number of alkyl halides is 3. The van der Waals surface area contributed by atoms with Gasteiger partial charge in [-0.05, 0) is 50.7 Å². The fourth-order valence-corrected chi connectivity index (χ4v) is 3.78. The van der Waals surface area contributed by atoms with Crippen LogP contribution in [0.25, 0.3) is 0 Å². The summed E-state index contributed by atoms with van der Waals surface area (Å²) < 4.78 is 41.6. The van der Waals surface area contributed by atoms with Crippen LogP contribution in [0.2, 0.25) is 0 Å². The van der Waals surface area contributed by atoms with Crippen LogP contribution in [0.1, 0.15) is 38.5 Å². The standard InChI is InChI=1S/C20H25F3N6O/c21-20(22,23)30-16-9-7-8-15(14-16)24-17-25-18(28-10-3-1-4-11-28)27-19(26-17)29-12-5-2-6-13-29/h7-9,14H,1-6,10-13H2,(H,24,25,26,27). The molecule has 0 unspecified atom stereocenters. The molecule has 2 aromatic rings. The molecule has 0 amide bonds. The van der Waals surface area contributed by atoms with E-state index >= 15 is 0 Å². The lowest BCUT2D eigenvalue weighted by atomic mass is 10.1. The first kappa shape index (κ1) is 20.5. The minimum atomic E-state index is -4.74. The van der Waals surface area contributed by atoms with Crippen LogP contribution in [-0.2, 0) is 0 Å². The van der Waals surface area contributed by atoms with Crippen molar-refractivity contribution in [2.24, 2.45) is 0 Å². The van der Waals surface area contributed by atoms with Gasteiger partial charge in [0, 0.05) is 37.9 Å². The lowest BCUT2D eigenvalue weighted by molar-refractivity contribution is -0.274. The molecule has 2 fully saturated rings. The van der Waals surface area contributed by atoms with Gasteiger partial charge in [0.2, 0.25) is 17.8 Å². The molecule has 0 radical (unpaired) electrons. The van der Waals surface area contributed by atoms with Gasteiger partial charge in [0.1, 0.15) is 5.75 Å². The highest BCUT2D eigenvalue weighted by Crippen LogP contribution is 2.28. The van der Waals surface area contributed by atoms with E-state index in [-0.39, 0.29) is 5.75 Å². The molecule has 10 heteroatoms. The summed E-state index contributed by atoms with van der Waals surface area (Å²) in [5.41, 5.74) is 0.414. The fourth-order valence-electron chi connectivity index (χ4n) is 3.78. The SMILES string of the molecule is FC(F)(F)Oc1cccc(Nc2nc(N3CCCCC3)nc(N3CCCCC3)n2)c1. The number of nitrogens with one attached hydrogen (secondary N) is 1. The normalized spacial score (nSPS) is 17.7. The number of piperidine rings is 2. The van der Waals surface area contributed by atoms with E-state index in [9.17, 15) is 13.2 Å². The number of benzene rings is 1. The van der Waals surface area contributed by atoms with Gasteiger partial charge in [-0.1, -0.05) is 6.07 Å². The minimum Gasteiger partial charge on any atom is -0.406 e. The summed E-state index contributed by atoms with van der Waals surface area (Å²) in [6.07, 6.45) is 1.99. The van der Waals surface area contributed by atoms with Crippen molar-refractivity contribution >= 4 is 23.5 Å². The molecule has 0 aliphatic carbocycles. The monoisotopic (exact) mass is 422 g/mol. The van der Waals surface area contributed by atoms with Gasteiger partial charge >= 0.3 is 6.36 Å². The van der Waals surface area contributed by atoms with Crippen LogP contribution in [0.15, 0.2) is 24.3 Å². The van der Waals surface area contributed by atoms with Crippen LogP contribution in [0.3, 0.4) is 0 Å². The zero-order valence-electron chi connectivity index (χ0n) is 16.7. The highest BCUT2D eigenvalue weighted by Gasteiger charge is 2.31. The molecule has 1 aromatic carbocycles. The Morgan fingerprint density at radius 3 is 1.90 bits per heavy atom. The zero-order valence-corrected chi connectivity index (χ0v) is 16.7. The fraction of sp³-hybridized carbons (Fsp3) is 0.550. The molecule has 2 aliphatic heterocycles. The van der Waals surface area contributed by atoms with Gasteiger partial charge in [-0.2, -0.15) is 15.0 Å². The predicted octanol–water partition coefficient (Wildman–Crippen LogP) is 4.49. The number of aromatic nitrogens is 3. The van der Waals surface area contributed by atoms with Gasteiger partial charge < -0.3 is 19.9 Å². The highest BCUT2D eigenvalue weighted by atomic mass is 19.4. The molecule has 7 nitrogen and oxygen atoms in total. The van der Waals surface area contributed by atoms with Crippen molar-refractivity contribution in [3.63, 3.8) is 0 Å². The third-order valence-corrected chi connectivity index (χ3v) is 5.21. The molecule has 0 spiro atoms. The summed E-state index contributed by atoms with van der Waals surface area (Å²) in [7, 11) is 0. The molecule has 2 aliphatic rings. The van der Waals surface area contributed by atoms with Gasteiger partial charge in [-0.25, -0.2) is 0 Å². The number of rotatable bonds is 5. The molecule has 3 heterocycles. The summed E-state index contributed by atoms with van der Waals surface area (Å²) in [5, 5.41) is 3.03. The summed E-state index contributed by atoms with van der Waals surface area (Å²) in [5.74, 6) is 1.23. The van der Waals surface area contributed by atoms with Crippen molar-refractivity contribution in [2.45, 2.75) is 44.9 Å². The number of nitrogens with zero attached hydrogens (tertiary/aromatic N) is 5. The maximum atomic E-state index is 12.5. The molecule has 0 atom stereocenters. The third kappa shape index (κ3) is 5.43. The van der Waals surface area contributed by atoms with Crippen LogP contribution < -0.4 is 19.9 Å². The lowest BCUT2D eigenvalue weighted by Crippen LogP contribution is -2.34. The van der Waals surface area contributed by atoms with Crippen LogP contribution in [0, 0.1) is 0 Å². The molecule has 1 N–H and O–H groups in total. The van der Waals surface area contributed by atoms with Crippen LogP contribution in [0.5, 0.6) is 5.75 Å². The van der Waals surface area contributed by atoms with Crippen LogP contribution >= 0.6 is 0 Å². The van der Waals surface area contributed by atoms with E-state index in [1.54, 1.807) is 6.07 Å². The van der Waals surface area contributed by atoms with Gasteiger partial charge in [-0.3, -0.25) is 0 Å². The first-order valence-electron chi connectivity index (χ1n) is 10.4. The van der Waals surface area contributed by atoms with E-state index in [0.29, 0.717) is 23.5 Å². The summed E-state index contributed by atoms with van der Waals surface area (Å²) in [6.45, 7) is 3.55. The number of hydrogen-bond donors (Lipinski definition) is 1. The van der Waals surface area contributed by atoms with Crippen molar-refractivity contribution in [3.05, 3.63) is 24.3 Å². The lowest BCUT2D eigenvalue weighted by Gasteiger charge is -2.30. The Bertz CT molecular complexity index is 814. The zero-order chi connectivity index (χ0) is 21.0. The third-order valence-electron chi connectivity index (χ3n) is 5.21. The highest BCUT2D eigenvalue weighted by molar-refractivity contribution is 5.58. The van der Waals surface area contributed by atoms with E-state index < -0.39 is 6.36 Å². The Morgan fingerprint density at radius 2 is 1.37 bits per heavy atom. The molecule has 0 saturated carbocycles. The Balaban J connectivity index is 1.60. The van der Waals surface area contributed by atoms with Gasteiger partial charge in [0.05, 0.1) is 0 Å². The average Bonchev–Trinajstić information content (AvgIpc) is 2.74. The summed E-state index contributed by atoms with van der Waals surface area (Å²) in [6, 6.07) is 5.67. The first-order valence-corrected chi connectivity index (χ1v) is 10.4. The maximum Gasteiger partial charge on any atom is 0.573 e. The van der Waals surface area contributed by atoms with Gasteiger partial charge in [0.15, 0.2) is 0 Å². The number of ether oxygens (including phenoxy) is 1. The molecule has 1 aromatic heterocycles. The van der Waals surface area contributed by atoms with Crippen molar-refractivity contribution in [1.82, 2.24) is 15.0 Å². The van der Waals surface area contributed by atoms with E-state index in [4.69, 9.17) is 4.98 Å². The Kier molecular flexibility index (Phi) is 6.10. The Morgan fingerprint density at radius 1 is 0.800 bits per heavy atom. The van der Waals surface area contributed by atoms with Gasteiger partial charge in [-0.15, -0.1) is 13.2 Å². The molecule has 2 saturated heterocycles. The molecule has 0 bridgehead atoms. The van der Waals surface area contributed by atoms with Crippen molar-refractivity contribution in [2.75, 3.05) is 41.3 Å². The molecule has 30 heavy (non-hydrogen) atoms. The second kappa shape index (κ2) is 8.93. The number of halogens is 3. The topological polar surface area (TPSA) is 66.4 Å². The predicted molar refractivity (Wildman–Crippen MR) is 108 cm³/mol. The average molecular weight is 422 g/mol. The Hall–Kier alpha value is -2.78. The molecule has 162 valence electrons. The van der Waals surface area contributed by atoms with E-state index in [2.05, 4.69) is 29.8 Å². The van der Waals surface area contributed by atoms with Crippen molar-refractivity contribution < 1.29 is 17.9 Å². The van der Waals surface area contributed by atoms with Crippen molar-refractivity contribution in [3.8, 4) is 5.75 Å². The second-order valence-corrected chi connectivity index (χ2v) is 7.56. The number of anilines is 4. The van der Waals surface area contributed by atoms with Gasteiger partial charge in [0.25, 0.3) is 0 Å². The summed E-state index contributed by atoms with van der Waals surface area (Å²) >= 11 is 0. The van der Waals surface area contributed by atoms with E-state index in [1.807, 2.05) is 0 Å². The van der Waals surface area contributed by atoms with Crippen LogP contribution in [0.4, 0.5) is 36.7 Å². The quantitative estimate of drug-likeness (QED) is 0.761. The largest absolute Gasteiger partial charge is 0.573 e. The van der Waals surface area contributed by atoms with E-state index in [1.165, 1.54) is 31.0 Å². The summed E-state index contributed by atoms with van der Waals surface area (Å²) in [4.78, 5) is 18.1. The smallest absolute Gasteiger partial charge is 0.406 e. The first-order chi connectivity index (χ1) is 14.5. The maximum absolute atomic E-state index is 12.5.